The highest BCUT2D eigenvalue weighted by atomic mass is 35.5. The summed E-state index contributed by atoms with van der Waals surface area (Å²) in [5.41, 5.74) is 2.53. The van der Waals surface area contributed by atoms with Crippen LogP contribution in [0.3, 0.4) is 0 Å². The number of amides is 1. The van der Waals surface area contributed by atoms with Crippen LogP contribution < -0.4 is 4.74 Å². The van der Waals surface area contributed by atoms with Crippen molar-refractivity contribution in [2.45, 2.75) is 13.8 Å². The summed E-state index contributed by atoms with van der Waals surface area (Å²) in [4.78, 5) is 13.8. The molecule has 0 radical (unpaired) electrons. The number of likely N-dealkylation sites (N-methyl/N-ethyl adjacent to an activating group) is 1. The van der Waals surface area contributed by atoms with Crippen LogP contribution in [0.2, 0.25) is 5.02 Å². The number of ether oxygens (including phenoxy) is 1. The van der Waals surface area contributed by atoms with Gasteiger partial charge in [0.05, 0.1) is 17.1 Å². The van der Waals surface area contributed by atoms with Gasteiger partial charge >= 0.3 is 0 Å². The van der Waals surface area contributed by atoms with Crippen molar-refractivity contribution in [3.63, 3.8) is 0 Å². The van der Waals surface area contributed by atoms with Gasteiger partial charge in [0.25, 0.3) is 5.91 Å². The number of nitrogens with zero attached hydrogens (tertiary/aromatic N) is 1. The topological polar surface area (TPSA) is 29.5 Å². The van der Waals surface area contributed by atoms with Gasteiger partial charge in [0, 0.05) is 7.05 Å². The van der Waals surface area contributed by atoms with E-state index in [1.54, 1.807) is 7.05 Å². The normalized spacial score (nSPS) is 10.5. The number of halogens is 2. The van der Waals surface area contributed by atoms with E-state index in [1.807, 2.05) is 26.0 Å². The van der Waals surface area contributed by atoms with Gasteiger partial charge in [0.2, 0.25) is 0 Å². The molecule has 0 aromatic heterocycles. The highest BCUT2D eigenvalue weighted by molar-refractivity contribution is 6.33. The summed E-state index contributed by atoms with van der Waals surface area (Å²) in [5, 5.41) is 0.108. The van der Waals surface area contributed by atoms with Crippen LogP contribution in [0.25, 0.3) is 0 Å². The highest BCUT2D eigenvalue weighted by Gasteiger charge is 2.15. The zero-order valence-electron chi connectivity index (χ0n) is 13.4. The third-order valence-electron chi connectivity index (χ3n) is 3.40. The average Bonchev–Trinajstić information content (AvgIpc) is 2.45. The molecule has 0 atom stereocenters. The largest absolute Gasteiger partial charge is 0.492 e. The number of carbonyl (C=O) groups is 1. The molecule has 0 N–H and O–H groups in total. The first kappa shape index (κ1) is 17.3. The summed E-state index contributed by atoms with van der Waals surface area (Å²) in [7, 11) is 1.66. The van der Waals surface area contributed by atoms with Gasteiger partial charge in [-0.15, -0.1) is 0 Å². The van der Waals surface area contributed by atoms with E-state index < -0.39 is 5.82 Å². The second-order valence-corrected chi connectivity index (χ2v) is 5.93. The Morgan fingerprint density at radius 3 is 2.43 bits per heavy atom. The zero-order valence-corrected chi connectivity index (χ0v) is 14.2. The third-order valence-corrected chi connectivity index (χ3v) is 3.71. The molecule has 0 aliphatic heterocycles. The van der Waals surface area contributed by atoms with Crippen LogP contribution in [0.15, 0.2) is 36.4 Å². The van der Waals surface area contributed by atoms with E-state index in [0.29, 0.717) is 13.2 Å². The summed E-state index contributed by atoms with van der Waals surface area (Å²) >= 11 is 5.91. The van der Waals surface area contributed by atoms with Crippen molar-refractivity contribution in [3.05, 3.63) is 63.9 Å². The fraction of sp³-hybridized carbons (Fsp3) is 0.278. The minimum Gasteiger partial charge on any atom is -0.492 e. The molecule has 0 heterocycles. The van der Waals surface area contributed by atoms with Crippen LogP contribution in [0.5, 0.6) is 5.75 Å². The Balaban J connectivity index is 1.93. The molecule has 1 amide bonds. The molecule has 122 valence electrons. The molecule has 0 bridgehead atoms. The minimum atomic E-state index is -0.465. The van der Waals surface area contributed by atoms with E-state index in [9.17, 15) is 9.18 Å². The Hall–Kier alpha value is -2.07. The third kappa shape index (κ3) is 4.70. The summed E-state index contributed by atoms with van der Waals surface area (Å²) < 4.78 is 18.7. The maximum absolute atomic E-state index is 13.0. The lowest BCUT2D eigenvalue weighted by atomic mass is 10.1. The van der Waals surface area contributed by atoms with E-state index in [-0.39, 0.29) is 16.5 Å². The van der Waals surface area contributed by atoms with Gasteiger partial charge < -0.3 is 9.64 Å². The fourth-order valence-corrected chi connectivity index (χ4v) is 2.53. The summed E-state index contributed by atoms with van der Waals surface area (Å²) in [6, 6.07) is 9.71. The second-order valence-electron chi connectivity index (χ2n) is 5.52. The van der Waals surface area contributed by atoms with Crippen LogP contribution in [-0.4, -0.2) is 31.0 Å². The Bertz CT molecular complexity index is 698. The van der Waals surface area contributed by atoms with E-state index in [4.69, 9.17) is 16.3 Å². The van der Waals surface area contributed by atoms with Crippen molar-refractivity contribution >= 4 is 17.5 Å². The number of hydrogen-bond donors (Lipinski definition) is 0. The first-order chi connectivity index (χ1) is 10.9. The molecular formula is C18H19ClFNO2. The molecule has 0 unspecified atom stereocenters. The van der Waals surface area contributed by atoms with Gasteiger partial charge in [-0.2, -0.15) is 0 Å². The van der Waals surface area contributed by atoms with Crippen LogP contribution in [-0.2, 0) is 0 Å². The van der Waals surface area contributed by atoms with Crippen molar-refractivity contribution in [2.24, 2.45) is 0 Å². The van der Waals surface area contributed by atoms with Gasteiger partial charge in [-0.05, 0) is 55.3 Å². The smallest absolute Gasteiger partial charge is 0.255 e. The standard InChI is InChI=1S/C18H19ClFNO2/c1-12-8-13(2)10-15(9-12)23-7-6-21(3)18(22)16-5-4-14(20)11-17(16)19/h4-5,8-11H,6-7H2,1-3H3. The monoisotopic (exact) mass is 335 g/mol. The van der Waals surface area contributed by atoms with E-state index in [2.05, 4.69) is 6.07 Å². The number of rotatable bonds is 5. The number of aryl methyl sites for hydroxylation is 2. The molecule has 0 aliphatic carbocycles. The zero-order chi connectivity index (χ0) is 17.0. The first-order valence-electron chi connectivity index (χ1n) is 7.28. The Labute approximate surface area is 140 Å². The SMILES string of the molecule is Cc1cc(C)cc(OCCN(C)C(=O)c2ccc(F)cc2Cl)c1. The number of benzene rings is 2. The molecule has 0 saturated carbocycles. The van der Waals surface area contributed by atoms with E-state index >= 15 is 0 Å². The molecule has 0 fully saturated rings. The molecule has 0 spiro atoms. The summed E-state index contributed by atoms with van der Waals surface area (Å²) in [5.74, 6) is 0.0505. The van der Waals surface area contributed by atoms with Gasteiger partial charge in [-0.25, -0.2) is 4.39 Å². The predicted octanol–water partition coefficient (Wildman–Crippen LogP) is 4.25. The Morgan fingerprint density at radius 2 is 1.83 bits per heavy atom. The van der Waals surface area contributed by atoms with Crippen LogP contribution in [0.4, 0.5) is 4.39 Å². The number of hydrogen-bond acceptors (Lipinski definition) is 2. The maximum Gasteiger partial charge on any atom is 0.255 e. The van der Waals surface area contributed by atoms with E-state index in [0.717, 1.165) is 22.9 Å². The Kier molecular flexibility index (Phi) is 5.61. The van der Waals surface area contributed by atoms with Crippen molar-refractivity contribution in [3.8, 4) is 5.75 Å². The lowest BCUT2D eigenvalue weighted by molar-refractivity contribution is 0.0774. The summed E-state index contributed by atoms with van der Waals surface area (Å²) in [6.45, 7) is 4.78. The molecule has 3 nitrogen and oxygen atoms in total. The van der Waals surface area contributed by atoms with Gasteiger partial charge in [-0.3, -0.25) is 4.79 Å². The molecular weight excluding hydrogens is 317 g/mol. The fourth-order valence-electron chi connectivity index (χ4n) is 2.29. The first-order valence-corrected chi connectivity index (χ1v) is 7.66. The molecule has 23 heavy (non-hydrogen) atoms. The van der Waals surface area contributed by atoms with E-state index in [1.165, 1.54) is 17.0 Å². The molecule has 2 aromatic carbocycles. The lowest BCUT2D eigenvalue weighted by Crippen LogP contribution is -2.31. The Morgan fingerprint density at radius 1 is 1.17 bits per heavy atom. The molecule has 2 aromatic rings. The van der Waals surface area contributed by atoms with Crippen molar-refractivity contribution in [1.82, 2.24) is 4.90 Å². The van der Waals surface area contributed by atoms with Gasteiger partial charge in [-0.1, -0.05) is 17.7 Å². The lowest BCUT2D eigenvalue weighted by Gasteiger charge is -2.18. The minimum absolute atomic E-state index is 0.108. The van der Waals surface area contributed by atoms with Gasteiger partial charge in [0.1, 0.15) is 18.2 Å². The average molecular weight is 336 g/mol. The molecule has 2 rings (SSSR count). The second kappa shape index (κ2) is 7.47. The van der Waals surface area contributed by atoms with Crippen molar-refractivity contribution < 1.29 is 13.9 Å². The molecule has 5 heteroatoms. The molecule has 0 aliphatic rings. The predicted molar refractivity (Wildman–Crippen MR) is 89.8 cm³/mol. The highest BCUT2D eigenvalue weighted by Crippen LogP contribution is 2.19. The van der Waals surface area contributed by atoms with Gasteiger partial charge in [0.15, 0.2) is 0 Å². The van der Waals surface area contributed by atoms with Crippen molar-refractivity contribution in [1.29, 1.82) is 0 Å². The van der Waals surface area contributed by atoms with Crippen LogP contribution in [0.1, 0.15) is 21.5 Å². The molecule has 0 saturated heterocycles. The van der Waals surface area contributed by atoms with Crippen LogP contribution in [0, 0.1) is 19.7 Å². The van der Waals surface area contributed by atoms with Crippen molar-refractivity contribution in [2.75, 3.05) is 20.2 Å². The summed E-state index contributed by atoms with van der Waals surface area (Å²) in [6.07, 6.45) is 0. The quantitative estimate of drug-likeness (QED) is 0.817. The van der Waals surface area contributed by atoms with Crippen LogP contribution >= 0.6 is 11.6 Å². The maximum atomic E-state index is 13.0. The number of carbonyl (C=O) groups excluding carboxylic acids is 1.